The van der Waals surface area contributed by atoms with Gasteiger partial charge in [0.15, 0.2) is 0 Å². The number of nitrogens with one attached hydrogen (secondary N) is 1. The van der Waals surface area contributed by atoms with Crippen molar-refractivity contribution in [3.8, 4) is 11.8 Å². The van der Waals surface area contributed by atoms with Gasteiger partial charge in [-0.2, -0.15) is 5.26 Å². The van der Waals surface area contributed by atoms with E-state index in [2.05, 4.69) is 37.4 Å². The first-order valence-corrected chi connectivity index (χ1v) is 6.43. The predicted octanol–water partition coefficient (Wildman–Crippen LogP) is 2.86. The van der Waals surface area contributed by atoms with Crippen molar-refractivity contribution in [2.75, 3.05) is 20.2 Å². The van der Waals surface area contributed by atoms with Gasteiger partial charge in [0, 0.05) is 13.0 Å². The Labute approximate surface area is 110 Å². The normalized spacial score (nSPS) is 10.4. The summed E-state index contributed by atoms with van der Waals surface area (Å²) in [5.41, 5.74) is 2.57. The van der Waals surface area contributed by atoms with Gasteiger partial charge in [0.05, 0.1) is 13.2 Å². The third kappa shape index (κ3) is 4.38. The number of hydrogen-bond donors (Lipinski definition) is 1. The first-order chi connectivity index (χ1) is 8.69. The Morgan fingerprint density at radius 2 is 2.11 bits per heavy atom. The molecular weight excluding hydrogens is 224 g/mol. The Balaban J connectivity index is 2.61. The van der Waals surface area contributed by atoms with Gasteiger partial charge in [-0.25, -0.2) is 0 Å². The molecule has 0 aliphatic heterocycles. The van der Waals surface area contributed by atoms with E-state index in [0.717, 1.165) is 25.3 Å². The van der Waals surface area contributed by atoms with Crippen LogP contribution in [0.5, 0.6) is 5.75 Å². The molecule has 0 aliphatic rings. The number of nitrogens with zero attached hydrogens (tertiary/aromatic N) is 1. The second kappa shape index (κ2) is 7.73. The highest BCUT2D eigenvalue weighted by Gasteiger charge is 2.06. The molecule has 0 atom stereocenters. The quantitative estimate of drug-likeness (QED) is 0.752. The van der Waals surface area contributed by atoms with E-state index in [1.165, 1.54) is 11.1 Å². The lowest BCUT2D eigenvalue weighted by molar-refractivity contribution is 0.409. The first kappa shape index (κ1) is 14.5. The molecule has 0 bridgehead atoms. The average Bonchev–Trinajstić information content (AvgIpc) is 2.38. The minimum Gasteiger partial charge on any atom is -0.496 e. The van der Waals surface area contributed by atoms with E-state index < -0.39 is 0 Å². The van der Waals surface area contributed by atoms with Crippen molar-refractivity contribution in [2.45, 2.75) is 32.6 Å². The molecule has 0 radical (unpaired) electrons. The first-order valence-electron chi connectivity index (χ1n) is 6.43. The van der Waals surface area contributed by atoms with Gasteiger partial charge in [-0.1, -0.05) is 26.0 Å². The van der Waals surface area contributed by atoms with Crippen molar-refractivity contribution in [2.24, 2.45) is 0 Å². The van der Waals surface area contributed by atoms with E-state index in [4.69, 9.17) is 10.00 Å². The van der Waals surface area contributed by atoms with Crippen LogP contribution in [0.3, 0.4) is 0 Å². The molecule has 0 aromatic heterocycles. The van der Waals surface area contributed by atoms with Crippen molar-refractivity contribution in [1.82, 2.24) is 5.32 Å². The number of ether oxygens (including phenoxy) is 1. The fourth-order valence-electron chi connectivity index (χ4n) is 1.85. The number of methoxy groups -OCH3 is 1. The van der Waals surface area contributed by atoms with Crippen LogP contribution in [0, 0.1) is 11.3 Å². The highest BCUT2D eigenvalue weighted by molar-refractivity contribution is 5.38. The summed E-state index contributed by atoms with van der Waals surface area (Å²) in [6.45, 7) is 6.01. The zero-order valence-corrected chi connectivity index (χ0v) is 11.5. The van der Waals surface area contributed by atoms with Gasteiger partial charge >= 0.3 is 0 Å². The van der Waals surface area contributed by atoms with Crippen molar-refractivity contribution < 1.29 is 4.74 Å². The van der Waals surface area contributed by atoms with Crippen LogP contribution in [0.4, 0.5) is 0 Å². The Morgan fingerprint density at radius 3 is 2.72 bits per heavy atom. The largest absolute Gasteiger partial charge is 0.496 e. The Morgan fingerprint density at radius 1 is 1.33 bits per heavy atom. The van der Waals surface area contributed by atoms with E-state index in [-0.39, 0.29) is 0 Å². The molecule has 0 saturated carbocycles. The fourth-order valence-corrected chi connectivity index (χ4v) is 1.85. The molecule has 0 amide bonds. The van der Waals surface area contributed by atoms with E-state index in [1.807, 2.05) is 6.07 Å². The van der Waals surface area contributed by atoms with E-state index in [0.29, 0.717) is 12.3 Å². The number of benzene rings is 1. The van der Waals surface area contributed by atoms with E-state index in [9.17, 15) is 0 Å². The fraction of sp³-hybridized carbons (Fsp3) is 0.533. The lowest BCUT2D eigenvalue weighted by Crippen LogP contribution is -2.18. The summed E-state index contributed by atoms with van der Waals surface area (Å²) in [7, 11) is 1.71. The minimum atomic E-state index is 0.529. The van der Waals surface area contributed by atoms with Crippen LogP contribution >= 0.6 is 0 Å². The molecule has 18 heavy (non-hydrogen) atoms. The van der Waals surface area contributed by atoms with Crippen molar-refractivity contribution in [1.29, 1.82) is 5.26 Å². The number of rotatable bonds is 7. The van der Waals surface area contributed by atoms with Gasteiger partial charge < -0.3 is 10.1 Å². The van der Waals surface area contributed by atoms with Crippen LogP contribution in [0.1, 0.15) is 37.3 Å². The van der Waals surface area contributed by atoms with Gasteiger partial charge in [0.25, 0.3) is 0 Å². The Bertz CT molecular complexity index is 407. The third-order valence-electron chi connectivity index (χ3n) is 2.96. The molecule has 1 N–H and O–H groups in total. The lowest BCUT2D eigenvalue weighted by Gasteiger charge is -2.13. The molecular formula is C15H22N2O. The summed E-state index contributed by atoms with van der Waals surface area (Å²) in [4.78, 5) is 0. The molecule has 0 spiro atoms. The highest BCUT2D eigenvalue weighted by Crippen LogP contribution is 2.24. The summed E-state index contributed by atoms with van der Waals surface area (Å²) in [6, 6.07) is 8.51. The van der Waals surface area contributed by atoms with Gasteiger partial charge in [0.1, 0.15) is 5.75 Å². The lowest BCUT2D eigenvalue weighted by atomic mass is 9.99. The maximum absolute atomic E-state index is 8.45. The Kier molecular flexibility index (Phi) is 6.24. The minimum absolute atomic E-state index is 0.529. The second-order valence-corrected chi connectivity index (χ2v) is 4.63. The molecule has 98 valence electrons. The van der Waals surface area contributed by atoms with Gasteiger partial charge in [-0.3, -0.25) is 0 Å². The smallest absolute Gasteiger partial charge is 0.122 e. The molecule has 0 fully saturated rings. The number of nitriles is 1. The molecule has 1 aromatic carbocycles. The molecule has 3 nitrogen and oxygen atoms in total. The van der Waals surface area contributed by atoms with Crippen molar-refractivity contribution in [3.05, 3.63) is 29.3 Å². The topological polar surface area (TPSA) is 45.0 Å². The molecule has 1 aromatic rings. The maximum Gasteiger partial charge on any atom is 0.122 e. The van der Waals surface area contributed by atoms with Crippen LogP contribution in [-0.2, 0) is 6.42 Å². The summed E-state index contributed by atoms with van der Waals surface area (Å²) < 4.78 is 5.38. The summed E-state index contributed by atoms with van der Waals surface area (Å²) in [5, 5.41) is 11.7. The predicted molar refractivity (Wildman–Crippen MR) is 73.9 cm³/mol. The summed E-state index contributed by atoms with van der Waals surface area (Å²) in [6.07, 6.45) is 1.48. The second-order valence-electron chi connectivity index (χ2n) is 4.63. The van der Waals surface area contributed by atoms with Crippen molar-refractivity contribution >= 4 is 0 Å². The standard InChI is InChI=1S/C15H22N2O/c1-12(2)13-5-6-15(18-3)14(11-13)7-10-17-9-4-8-16/h5-6,11-12,17H,4,7,9-10H2,1-3H3. The SMILES string of the molecule is COc1ccc(C(C)C)cc1CCNCCC#N. The molecule has 0 saturated heterocycles. The number of hydrogen-bond acceptors (Lipinski definition) is 3. The zero-order chi connectivity index (χ0) is 13.4. The summed E-state index contributed by atoms with van der Waals surface area (Å²) >= 11 is 0. The highest BCUT2D eigenvalue weighted by atomic mass is 16.5. The van der Waals surface area contributed by atoms with Gasteiger partial charge in [-0.05, 0) is 36.1 Å². The van der Waals surface area contributed by atoms with E-state index in [1.54, 1.807) is 7.11 Å². The molecule has 0 aliphatic carbocycles. The van der Waals surface area contributed by atoms with Crippen LogP contribution in [-0.4, -0.2) is 20.2 Å². The van der Waals surface area contributed by atoms with Crippen LogP contribution in [0.25, 0.3) is 0 Å². The maximum atomic E-state index is 8.45. The summed E-state index contributed by atoms with van der Waals surface area (Å²) in [5.74, 6) is 1.47. The Hall–Kier alpha value is -1.53. The monoisotopic (exact) mass is 246 g/mol. The van der Waals surface area contributed by atoms with E-state index >= 15 is 0 Å². The average molecular weight is 246 g/mol. The van der Waals surface area contributed by atoms with Gasteiger partial charge in [0.2, 0.25) is 0 Å². The van der Waals surface area contributed by atoms with Crippen molar-refractivity contribution in [3.63, 3.8) is 0 Å². The zero-order valence-electron chi connectivity index (χ0n) is 11.5. The molecule has 0 unspecified atom stereocenters. The molecule has 1 rings (SSSR count). The molecule has 3 heteroatoms. The molecule has 0 heterocycles. The van der Waals surface area contributed by atoms with Gasteiger partial charge in [-0.15, -0.1) is 0 Å². The third-order valence-corrected chi connectivity index (χ3v) is 2.96. The van der Waals surface area contributed by atoms with Crippen LogP contribution in [0.15, 0.2) is 18.2 Å². The van der Waals surface area contributed by atoms with Crippen LogP contribution < -0.4 is 10.1 Å². The van der Waals surface area contributed by atoms with Crippen LogP contribution in [0.2, 0.25) is 0 Å².